The zero-order valence-corrected chi connectivity index (χ0v) is 9.28. The number of hydrogen-bond donors (Lipinski definition) is 2. The summed E-state index contributed by atoms with van der Waals surface area (Å²) in [6.07, 6.45) is 1.49. The molecule has 2 aromatic rings. The van der Waals surface area contributed by atoms with Crippen molar-refractivity contribution < 1.29 is 4.21 Å². The van der Waals surface area contributed by atoms with Gasteiger partial charge >= 0.3 is 0 Å². The molecule has 0 saturated carbocycles. The Balaban J connectivity index is 2.12. The molecule has 0 fully saturated rings. The molecule has 1 atom stereocenters. The van der Waals surface area contributed by atoms with Crippen LogP contribution in [0.15, 0.2) is 53.7 Å². The lowest BCUT2D eigenvalue weighted by atomic mass is 10.3. The van der Waals surface area contributed by atoms with Gasteiger partial charge in [0, 0.05) is 5.69 Å². The third-order valence-corrected chi connectivity index (χ3v) is 2.98. The summed E-state index contributed by atoms with van der Waals surface area (Å²) in [5.41, 5.74) is 6.84. The Kier molecular flexibility index (Phi) is 3.16. The van der Waals surface area contributed by atoms with Gasteiger partial charge in [-0.3, -0.25) is 4.72 Å². The van der Waals surface area contributed by atoms with Gasteiger partial charge in [0.25, 0.3) is 0 Å². The highest BCUT2D eigenvalue weighted by Gasteiger charge is 2.04. The molecule has 0 spiro atoms. The highest BCUT2D eigenvalue weighted by molar-refractivity contribution is 7.86. The molecule has 0 bridgehead atoms. The fraction of sp³-hybridized carbons (Fsp3) is 0. The molecule has 0 aliphatic rings. The summed E-state index contributed by atoms with van der Waals surface area (Å²) in [4.78, 5) is 3.99. The summed E-state index contributed by atoms with van der Waals surface area (Å²) in [5.74, 6) is 0. The molecule has 1 unspecified atom stereocenters. The van der Waals surface area contributed by atoms with Crippen LogP contribution >= 0.6 is 0 Å². The van der Waals surface area contributed by atoms with Crippen LogP contribution in [0.2, 0.25) is 0 Å². The topological polar surface area (TPSA) is 68.0 Å². The van der Waals surface area contributed by atoms with Gasteiger partial charge in [-0.2, -0.15) is 0 Å². The summed E-state index contributed by atoms with van der Waals surface area (Å²) in [6, 6.07) is 12.6. The van der Waals surface area contributed by atoms with E-state index in [4.69, 9.17) is 5.73 Å². The maximum absolute atomic E-state index is 11.8. The van der Waals surface area contributed by atoms with Crippen LogP contribution in [-0.4, -0.2) is 9.19 Å². The number of para-hydroxylation sites is 1. The maximum Gasteiger partial charge on any atom is 0.169 e. The maximum atomic E-state index is 11.8. The van der Waals surface area contributed by atoms with Gasteiger partial charge in [-0.15, -0.1) is 0 Å². The van der Waals surface area contributed by atoms with Crippen LogP contribution in [0.3, 0.4) is 0 Å². The first-order valence-corrected chi connectivity index (χ1v) is 5.86. The van der Waals surface area contributed by atoms with Gasteiger partial charge in [-0.25, -0.2) is 9.19 Å². The Morgan fingerprint density at radius 1 is 1.12 bits per heavy atom. The average molecular weight is 233 g/mol. The van der Waals surface area contributed by atoms with E-state index in [0.29, 0.717) is 10.7 Å². The Hall–Kier alpha value is -1.88. The molecule has 0 aliphatic heterocycles. The van der Waals surface area contributed by atoms with Crippen LogP contribution < -0.4 is 10.5 Å². The fourth-order valence-corrected chi connectivity index (χ4v) is 1.96. The van der Waals surface area contributed by atoms with Crippen LogP contribution in [0, 0.1) is 0 Å². The molecule has 0 aliphatic carbocycles. The number of rotatable bonds is 3. The molecule has 0 amide bonds. The largest absolute Gasteiger partial charge is 0.397 e. The Morgan fingerprint density at radius 3 is 2.50 bits per heavy atom. The van der Waals surface area contributed by atoms with Gasteiger partial charge < -0.3 is 5.73 Å². The fourth-order valence-electron chi connectivity index (χ4n) is 1.17. The third kappa shape index (κ3) is 2.58. The van der Waals surface area contributed by atoms with Crippen LogP contribution in [0.25, 0.3) is 0 Å². The normalized spacial score (nSPS) is 12.0. The summed E-state index contributed by atoms with van der Waals surface area (Å²) in [7, 11) is -1.36. The zero-order valence-electron chi connectivity index (χ0n) is 8.46. The molecule has 2 rings (SSSR count). The van der Waals surface area contributed by atoms with E-state index in [1.165, 1.54) is 6.20 Å². The van der Waals surface area contributed by atoms with Crippen molar-refractivity contribution in [1.29, 1.82) is 0 Å². The quantitative estimate of drug-likeness (QED) is 0.849. The van der Waals surface area contributed by atoms with Gasteiger partial charge in [0.05, 0.1) is 11.9 Å². The first-order chi connectivity index (χ1) is 7.75. The van der Waals surface area contributed by atoms with Crippen molar-refractivity contribution >= 4 is 22.4 Å². The van der Waals surface area contributed by atoms with Gasteiger partial charge in [0.2, 0.25) is 0 Å². The minimum Gasteiger partial charge on any atom is -0.397 e. The van der Waals surface area contributed by atoms with Gasteiger partial charge in [-0.05, 0) is 24.3 Å². The number of nitrogens with zero attached hydrogens (tertiary/aromatic N) is 1. The van der Waals surface area contributed by atoms with Crippen molar-refractivity contribution in [3.63, 3.8) is 0 Å². The zero-order chi connectivity index (χ0) is 11.4. The second-order valence-electron chi connectivity index (χ2n) is 3.17. The molecule has 16 heavy (non-hydrogen) atoms. The Bertz CT molecular complexity index is 484. The van der Waals surface area contributed by atoms with Crippen LogP contribution in [0.1, 0.15) is 0 Å². The second-order valence-corrected chi connectivity index (χ2v) is 4.33. The lowest BCUT2D eigenvalue weighted by Crippen LogP contribution is -2.06. The number of anilines is 2. The number of pyridine rings is 1. The van der Waals surface area contributed by atoms with Gasteiger partial charge in [-0.1, -0.05) is 18.2 Å². The van der Waals surface area contributed by atoms with E-state index in [9.17, 15) is 4.21 Å². The highest BCUT2D eigenvalue weighted by Crippen LogP contribution is 2.11. The number of nitrogen functional groups attached to an aromatic ring is 1. The van der Waals surface area contributed by atoms with Crippen molar-refractivity contribution in [2.75, 3.05) is 10.5 Å². The minimum atomic E-state index is -1.36. The molecule has 3 N–H and O–H groups in total. The first-order valence-electron chi connectivity index (χ1n) is 4.71. The van der Waals surface area contributed by atoms with E-state index in [1.807, 2.05) is 30.3 Å². The van der Waals surface area contributed by atoms with Crippen molar-refractivity contribution in [2.24, 2.45) is 0 Å². The van der Waals surface area contributed by atoms with Crippen molar-refractivity contribution in [3.05, 3.63) is 48.7 Å². The SMILES string of the molecule is Nc1ccc(S(=O)Nc2ccccc2)nc1. The summed E-state index contributed by atoms with van der Waals surface area (Å²) in [6.45, 7) is 0. The molecule has 1 aromatic carbocycles. The lowest BCUT2D eigenvalue weighted by Gasteiger charge is -2.04. The molecule has 0 saturated heterocycles. The van der Waals surface area contributed by atoms with E-state index in [1.54, 1.807) is 12.1 Å². The summed E-state index contributed by atoms with van der Waals surface area (Å²) >= 11 is 0. The monoisotopic (exact) mass is 233 g/mol. The number of nitrogens with two attached hydrogens (primary N) is 1. The van der Waals surface area contributed by atoms with Crippen LogP contribution in [0.5, 0.6) is 0 Å². The predicted molar refractivity (Wildman–Crippen MR) is 65.1 cm³/mol. The van der Waals surface area contributed by atoms with E-state index in [-0.39, 0.29) is 0 Å². The van der Waals surface area contributed by atoms with Crippen molar-refractivity contribution in [3.8, 4) is 0 Å². The molecule has 0 radical (unpaired) electrons. The van der Waals surface area contributed by atoms with Crippen molar-refractivity contribution in [2.45, 2.75) is 5.03 Å². The molecule has 5 heteroatoms. The third-order valence-electron chi connectivity index (χ3n) is 1.93. The van der Waals surface area contributed by atoms with Crippen LogP contribution in [-0.2, 0) is 11.0 Å². The van der Waals surface area contributed by atoms with Crippen LogP contribution in [0.4, 0.5) is 11.4 Å². The molecule has 1 aromatic heterocycles. The lowest BCUT2D eigenvalue weighted by molar-refractivity contribution is 0.683. The Labute approximate surface area is 96.1 Å². The van der Waals surface area contributed by atoms with Crippen molar-refractivity contribution in [1.82, 2.24) is 4.98 Å². The second kappa shape index (κ2) is 4.76. The summed E-state index contributed by atoms with van der Waals surface area (Å²) in [5, 5.41) is 0.457. The molecular weight excluding hydrogens is 222 g/mol. The van der Waals surface area contributed by atoms with E-state index in [0.717, 1.165) is 5.69 Å². The predicted octanol–water partition coefficient (Wildman–Crippen LogP) is 1.80. The number of hydrogen-bond acceptors (Lipinski definition) is 3. The first kappa shape index (κ1) is 10.6. The van der Waals surface area contributed by atoms with Gasteiger partial charge in [0.1, 0.15) is 5.03 Å². The van der Waals surface area contributed by atoms with E-state index in [2.05, 4.69) is 9.71 Å². The Morgan fingerprint density at radius 2 is 1.88 bits per heavy atom. The standard InChI is InChI=1S/C11H11N3OS/c12-9-6-7-11(13-8-9)16(15)14-10-4-2-1-3-5-10/h1-8,14H,12H2. The number of aromatic nitrogens is 1. The number of benzene rings is 1. The smallest absolute Gasteiger partial charge is 0.169 e. The average Bonchev–Trinajstić information content (AvgIpc) is 2.31. The minimum absolute atomic E-state index is 0.457. The number of nitrogens with one attached hydrogen (secondary N) is 1. The molecular formula is C11H11N3OS. The molecule has 4 nitrogen and oxygen atoms in total. The molecule has 82 valence electrons. The van der Waals surface area contributed by atoms with E-state index >= 15 is 0 Å². The van der Waals surface area contributed by atoms with Gasteiger partial charge in [0.15, 0.2) is 11.0 Å². The summed E-state index contributed by atoms with van der Waals surface area (Å²) < 4.78 is 14.7. The van der Waals surface area contributed by atoms with E-state index < -0.39 is 11.0 Å². The highest BCUT2D eigenvalue weighted by atomic mass is 32.2. The molecule has 1 heterocycles.